The smallest absolute Gasteiger partial charge is 1.00 e. The molecule has 5 aliphatic rings. The van der Waals surface area contributed by atoms with E-state index >= 15 is 0 Å². The van der Waals surface area contributed by atoms with Crippen molar-refractivity contribution in [3.63, 3.8) is 0 Å². The summed E-state index contributed by atoms with van der Waals surface area (Å²) in [6.45, 7) is 17.4. The van der Waals surface area contributed by atoms with E-state index in [2.05, 4.69) is 84.5 Å². The summed E-state index contributed by atoms with van der Waals surface area (Å²) in [5.41, 5.74) is 4.98. The fraction of sp³-hybridized carbons (Fsp3) is 0.359. The SMILES string of the molecule is CC1(C)CC2(CC(C)(C)c3cc(O)c(O)cc32)c2cc(O)c(O)cc21.COc1cc2c(cc1OC)C1(CC2(C)C)CC(C)(C)c2cc3c(cc21)Oc1c(C#N)c(OC)c(OC)c(C#N)c1O3.N#Cc1c(F)c(F)c(C#N)c(F)c1F.O=CO[O-].[2H]CF.[H-].[K+].[K+]. The fourth-order valence-electron chi connectivity index (χ4n) is 13.6. The molecule has 6 aromatic carbocycles. The molecule has 24 heteroatoms. The summed E-state index contributed by atoms with van der Waals surface area (Å²) < 4.78 is 102. The topological polar surface area (TPSA) is 281 Å². The normalized spacial score (nSPS) is 17.2. The van der Waals surface area contributed by atoms with Crippen LogP contribution in [0.4, 0.5) is 22.0 Å². The summed E-state index contributed by atoms with van der Waals surface area (Å²) in [5, 5.41) is 85.1. The number of phenols is 4. The van der Waals surface area contributed by atoms with Gasteiger partial charge in [0.2, 0.25) is 0 Å². The Hall–Kier alpha value is -6.37. The third-order valence-corrected chi connectivity index (χ3v) is 16.7. The van der Waals surface area contributed by atoms with Gasteiger partial charge in [0.05, 0.1) is 37.0 Å². The summed E-state index contributed by atoms with van der Waals surface area (Å²) in [5.74, 6) is -4.96. The van der Waals surface area contributed by atoms with Gasteiger partial charge in [-0.3, -0.25) is 9.18 Å². The first-order valence-corrected chi connectivity index (χ1v) is 26.2. The number of phenolic OH excluding ortho intramolecular Hbond substituents is 4. The molecule has 1 heterocycles. The molecule has 452 valence electrons. The maximum absolute atomic E-state index is 12.7. The van der Waals surface area contributed by atoms with E-state index in [-0.39, 0.29) is 200 Å². The molecule has 0 amide bonds. The first kappa shape index (κ1) is 70.7. The van der Waals surface area contributed by atoms with Crippen LogP contribution in [0.1, 0.15) is 151 Å². The number of methoxy groups -OCH3 is 4. The number of nitrogens with zero attached hydrogens (tertiary/aromatic N) is 4. The third-order valence-electron chi connectivity index (χ3n) is 16.7. The number of carbonyl (C=O) groups excluding carboxylic acids is 1. The summed E-state index contributed by atoms with van der Waals surface area (Å²) in [6, 6.07) is 21.2. The predicted molar refractivity (Wildman–Crippen MR) is 298 cm³/mol. The number of rotatable bonds is 5. The van der Waals surface area contributed by atoms with Gasteiger partial charge in [-0.1, -0.05) is 55.4 Å². The van der Waals surface area contributed by atoms with Crippen molar-refractivity contribution >= 4 is 6.47 Å². The maximum Gasteiger partial charge on any atom is 1.00 e. The Balaban J connectivity index is 0.000000300. The Labute approximate surface area is 593 Å². The Morgan fingerprint density at radius 1 is 0.500 bits per heavy atom. The van der Waals surface area contributed by atoms with Crippen molar-refractivity contribution in [2.45, 2.75) is 114 Å². The fourth-order valence-corrected chi connectivity index (χ4v) is 13.6. The average molecular weight is 1270 g/mol. The Morgan fingerprint density at radius 3 is 1.01 bits per heavy atom. The first-order chi connectivity index (χ1) is 40.8. The molecular formula is C64H61F5K2N4O13. The minimum atomic E-state index is -1.86. The molecule has 1 atom stereocenters. The Morgan fingerprint density at radius 2 is 0.739 bits per heavy atom. The largest absolute Gasteiger partial charge is 1.00 e. The van der Waals surface area contributed by atoms with Crippen LogP contribution < -0.4 is 136 Å². The molecular weight excluding hydrogens is 1210 g/mol. The quantitative estimate of drug-likeness (QED) is 0.0280. The molecule has 6 aromatic rings. The van der Waals surface area contributed by atoms with Gasteiger partial charge in [0.25, 0.3) is 6.47 Å². The number of carbonyl (C=O) groups is 1. The van der Waals surface area contributed by atoms with E-state index in [9.17, 15) is 52.9 Å². The van der Waals surface area contributed by atoms with Crippen LogP contribution in [0, 0.1) is 68.6 Å². The van der Waals surface area contributed by atoms with Crippen molar-refractivity contribution in [1.29, 1.82) is 21.0 Å². The van der Waals surface area contributed by atoms with Crippen molar-refractivity contribution in [1.82, 2.24) is 0 Å². The molecule has 4 aliphatic carbocycles. The van der Waals surface area contributed by atoms with Gasteiger partial charge in [0.1, 0.15) is 46.5 Å². The van der Waals surface area contributed by atoms with E-state index in [4.69, 9.17) is 50.4 Å². The van der Waals surface area contributed by atoms with Crippen molar-refractivity contribution in [3.8, 4) is 93.3 Å². The number of ether oxygens (including phenoxy) is 6. The van der Waals surface area contributed by atoms with Gasteiger partial charge in [-0.15, -0.1) is 0 Å². The average Bonchev–Trinajstić information content (AvgIpc) is 1.53. The number of benzene rings is 6. The third kappa shape index (κ3) is 12.0. The van der Waals surface area contributed by atoms with Crippen LogP contribution in [0.25, 0.3) is 0 Å². The van der Waals surface area contributed by atoms with Crippen molar-refractivity contribution in [3.05, 3.63) is 139 Å². The van der Waals surface area contributed by atoms with Gasteiger partial charge in [0.15, 0.2) is 92.3 Å². The van der Waals surface area contributed by atoms with E-state index in [1.807, 2.05) is 12.1 Å². The van der Waals surface area contributed by atoms with E-state index < -0.39 is 41.5 Å². The van der Waals surface area contributed by atoms with Gasteiger partial charge in [-0.05, 0) is 140 Å². The van der Waals surface area contributed by atoms with Crippen LogP contribution in [-0.4, -0.2) is 62.5 Å². The number of nitriles is 4. The van der Waals surface area contributed by atoms with Gasteiger partial charge in [-0.25, -0.2) is 17.6 Å². The number of halogens is 5. The van der Waals surface area contributed by atoms with Crippen LogP contribution >= 0.6 is 0 Å². The van der Waals surface area contributed by atoms with Crippen LogP contribution in [0.15, 0.2) is 48.5 Å². The second-order valence-electron chi connectivity index (χ2n) is 23.6. The summed E-state index contributed by atoms with van der Waals surface area (Å²) in [4.78, 5) is 11.2. The van der Waals surface area contributed by atoms with E-state index in [1.165, 1.54) is 25.3 Å². The van der Waals surface area contributed by atoms with Gasteiger partial charge < -0.3 is 60.4 Å². The molecule has 0 radical (unpaired) electrons. The van der Waals surface area contributed by atoms with Gasteiger partial charge >= 0.3 is 103 Å². The number of alkyl halides is 1. The zero-order valence-electron chi connectivity index (χ0n) is 52.9. The molecule has 0 saturated carbocycles. The second-order valence-corrected chi connectivity index (χ2v) is 23.6. The number of fused-ring (bicyclic) bond motifs is 10. The van der Waals surface area contributed by atoms with Crippen molar-refractivity contribution in [2.75, 3.05) is 35.6 Å². The van der Waals surface area contributed by atoms with Crippen molar-refractivity contribution in [2.24, 2.45) is 0 Å². The molecule has 17 nitrogen and oxygen atoms in total. The number of hydrogen-bond acceptors (Lipinski definition) is 17. The molecule has 88 heavy (non-hydrogen) atoms. The van der Waals surface area contributed by atoms with Crippen LogP contribution in [0.5, 0.6) is 69.0 Å². The molecule has 0 aromatic heterocycles. The van der Waals surface area contributed by atoms with Crippen molar-refractivity contribution < 1.29 is 191 Å². The molecule has 1 aliphatic heterocycles. The van der Waals surface area contributed by atoms with Gasteiger partial charge in [0, 0.05) is 10.8 Å². The predicted octanol–water partition coefficient (Wildman–Crippen LogP) is 6.30. The zero-order valence-corrected chi connectivity index (χ0v) is 57.1. The molecule has 0 bridgehead atoms. The van der Waals surface area contributed by atoms with Crippen LogP contribution in [0.3, 0.4) is 0 Å². The monoisotopic (exact) mass is 1270 g/mol. The van der Waals surface area contributed by atoms with E-state index in [1.54, 1.807) is 38.5 Å². The molecule has 4 N–H and O–H groups in total. The first-order valence-electron chi connectivity index (χ1n) is 26.9. The van der Waals surface area contributed by atoms with Crippen LogP contribution in [0.2, 0.25) is 0 Å². The van der Waals surface area contributed by atoms with Gasteiger partial charge in [-0.2, -0.15) is 21.0 Å². The van der Waals surface area contributed by atoms with Crippen LogP contribution in [-0.2, 0) is 42.2 Å². The second kappa shape index (κ2) is 27.0. The minimum Gasteiger partial charge on any atom is -1.00 e. The molecule has 0 fully saturated rings. The minimum absolute atomic E-state index is 0. The standard InChI is InChI=1S/C33H32N2O6.C21H24O4.C8F4N2.CH3F.CH2O3.2K.H/c1-31(2)15-33(21-11-24(37-6)23(36-5)9-19(21)31)16-32(3,4)20-10-25-26(12-22(20)33)41-30-18(14-35)28(39-8)27(38-7)17(13-34)29(30)40-25;1-19(2)9-21(13-7-17(24)15(22)5-11(13)19)10-20(3,4)12-6-16(23)18(25)8-14(12)21;9-5-3(1-13)6(10)8(12)4(2-14)7(5)11;1-2;2-1-4-3;;;/h9-12H,15-16H2,1-8H3;5-8,22-25H,9-10H2,1-4H3;;1H3;1,3H;;;/q;;;;;2*+1;-1/p-1/i;;;1D;;;;. The van der Waals surface area contributed by atoms with E-state index in [0.29, 0.717) is 23.0 Å². The summed E-state index contributed by atoms with van der Waals surface area (Å²) >= 11 is 0. The van der Waals surface area contributed by atoms with E-state index in [0.717, 1.165) is 71.2 Å². The Kier molecular flexibility index (Phi) is 21.7. The molecule has 2 spiro atoms. The molecule has 0 saturated heterocycles. The number of hydrogen-bond donors (Lipinski definition) is 4. The maximum atomic E-state index is 12.7. The Bertz CT molecular complexity index is 3840. The zero-order chi connectivity index (χ0) is 64.8. The number of aromatic hydroxyl groups is 4. The summed E-state index contributed by atoms with van der Waals surface area (Å²) in [6.07, 6.45) is 3.41. The molecule has 11 rings (SSSR count). The molecule has 1 unspecified atom stereocenters. The summed E-state index contributed by atoms with van der Waals surface area (Å²) in [7, 11) is 5.17.